The van der Waals surface area contributed by atoms with E-state index in [2.05, 4.69) is 10.4 Å². The molecule has 0 aliphatic rings. The smallest absolute Gasteiger partial charge is 0.339 e. The van der Waals surface area contributed by atoms with E-state index in [-0.39, 0.29) is 23.1 Å². The Kier molecular flexibility index (Phi) is 5.35. The molecule has 0 spiro atoms. The van der Waals surface area contributed by atoms with Crippen LogP contribution in [0.2, 0.25) is 0 Å². The van der Waals surface area contributed by atoms with Gasteiger partial charge < -0.3 is 14.6 Å². The number of esters is 1. The lowest BCUT2D eigenvalue weighted by Crippen LogP contribution is -2.42. The zero-order valence-electron chi connectivity index (χ0n) is 17.7. The summed E-state index contributed by atoms with van der Waals surface area (Å²) in [6.07, 6.45) is 0. The predicted molar refractivity (Wildman–Crippen MR) is 118 cm³/mol. The van der Waals surface area contributed by atoms with Crippen molar-refractivity contribution in [1.29, 1.82) is 0 Å². The number of carbonyl (C=O) groups excluding carboxylic acids is 2. The van der Waals surface area contributed by atoms with Crippen LogP contribution in [-0.2, 0) is 16.1 Å². The summed E-state index contributed by atoms with van der Waals surface area (Å²) in [6.45, 7) is 3.37. The Bertz CT molecular complexity index is 1480. The third kappa shape index (κ3) is 3.45. The van der Waals surface area contributed by atoms with Crippen molar-refractivity contribution in [1.82, 2.24) is 18.7 Å². The Balaban J connectivity index is 1.77. The minimum Gasteiger partial charge on any atom is -0.465 e. The second kappa shape index (κ2) is 8.14. The Hall–Kier alpha value is -4.21. The minimum atomic E-state index is -0.925. The Morgan fingerprint density at radius 3 is 2.34 bits per heavy atom. The lowest BCUT2D eigenvalue weighted by molar-refractivity contribution is -0.117. The molecular formula is C22H21N5O5. The third-order valence-electron chi connectivity index (χ3n) is 5.04. The Morgan fingerprint density at radius 1 is 1.00 bits per heavy atom. The monoisotopic (exact) mass is 435 g/mol. The number of hydrogen-bond donors (Lipinski definition) is 1. The average Bonchev–Trinajstić information content (AvgIpc) is 3.11. The first-order valence-electron chi connectivity index (χ1n) is 9.93. The van der Waals surface area contributed by atoms with Gasteiger partial charge in [-0.2, -0.15) is 0 Å². The van der Waals surface area contributed by atoms with Crippen molar-refractivity contribution < 1.29 is 14.3 Å². The molecule has 1 N–H and O–H groups in total. The van der Waals surface area contributed by atoms with Crippen LogP contribution in [0.3, 0.4) is 0 Å². The van der Waals surface area contributed by atoms with Gasteiger partial charge in [0.15, 0.2) is 0 Å². The van der Waals surface area contributed by atoms with Crippen LogP contribution < -0.4 is 16.4 Å². The summed E-state index contributed by atoms with van der Waals surface area (Å²) in [5.41, 5.74) is -0.0142. The number of carbonyl (C=O) groups is 2. The van der Waals surface area contributed by atoms with E-state index in [0.29, 0.717) is 5.52 Å². The first kappa shape index (κ1) is 21.0. The van der Waals surface area contributed by atoms with Gasteiger partial charge in [0, 0.05) is 6.04 Å². The fraction of sp³-hybridized carbons (Fsp3) is 0.227. The summed E-state index contributed by atoms with van der Waals surface area (Å²) in [5.74, 6) is -0.974. The van der Waals surface area contributed by atoms with Gasteiger partial charge in [-0.15, -0.1) is 5.10 Å². The molecule has 0 fully saturated rings. The Morgan fingerprint density at radius 2 is 1.66 bits per heavy atom. The first-order valence-corrected chi connectivity index (χ1v) is 9.93. The van der Waals surface area contributed by atoms with E-state index in [0.717, 1.165) is 10.2 Å². The number of amides is 1. The number of hydrogen-bond acceptors (Lipinski definition) is 6. The van der Waals surface area contributed by atoms with Crippen LogP contribution in [-0.4, -0.2) is 37.7 Å². The molecule has 1 amide bonds. The molecule has 0 aliphatic heterocycles. The third-order valence-corrected chi connectivity index (χ3v) is 5.04. The highest BCUT2D eigenvalue weighted by Gasteiger charge is 2.20. The highest BCUT2D eigenvalue weighted by Crippen LogP contribution is 2.22. The molecule has 0 aliphatic carbocycles. The number of imidazole rings is 1. The molecule has 32 heavy (non-hydrogen) atoms. The van der Waals surface area contributed by atoms with Crippen molar-refractivity contribution in [3.63, 3.8) is 0 Å². The fourth-order valence-corrected chi connectivity index (χ4v) is 3.65. The van der Waals surface area contributed by atoms with Crippen LogP contribution in [0.15, 0.2) is 58.1 Å². The van der Waals surface area contributed by atoms with E-state index in [1.165, 1.54) is 23.6 Å². The summed E-state index contributed by atoms with van der Waals surface area (Å²) in [4.78, 5) is 50.2. The number of rotatable bonds is 5. The first-order chi connectivity index (χ1) is 15.3. The van der Waals surface area contributed by atoms with Gasteiger partial charge in [-0.05, 0) is 38.1 Å². The molecule has 0 saturated carbocycles. The lowest BCUT2D eigenvalue weighted by atomic mass is 10.2. The summed E-state index contributed by atoms with van der Waals surface area (Å²) in [7, 11) is 1.24. The van der Waals surface area contributed by atoms with Gasteiger partial charge in [-0.1, -0.05) is 24.3 Å². The fourth-order valence-electron chi connectivity index (χ4n) is 3.65. The number of nitrogens with one attached hydrogen (secondary N) is 1. The maximum atomic E-state index is 12.9. The number of fused-ring (bicyclic) bond motifs is 3. The topological polar surface area (TPSA) is 117 Å². The van der Waals surface area contributed by atoms with Crippen molar-refractivity contribution >= 4 is 34.4 Å². The molecule has 4 rings (SSSR count). The van der Waals surface area contributed by atoms with Crippen molar-refractivity contribution in [3.05, 3.63) is 74.8 Å². The molecule has 0 saturated heterocycles. The molecule has 10 heteroatoms. The molecular weight excluding hydrogens is 414 g/mol. The van der Waals surface area contributed by atoms with E-state index >= 15 is 0 Å². The zero-order chi connectivity index (χ0) is 23.0. The van der Waals surface area contributed by atoms with Crippen LogP contribution >= 0.6 is 0 Å². The van der Waals surface area contributed by atoms with Gasteiger partial charge in [0.1, 0.15) is 6.54 Å². The second-order valence-corrected chi connectivity index (χ2v) is 7.44. The average molecular weight is 435 g/mol. The van der Waals surface area contributed by atoms with Crippen molar-refractivity contribution in [2.24, 2.45) is 0 Å². The number of ether oxygens (including phenoxy) is 1. The van der Waals surface area contributed by atoms with Crippen molar-refractivity contribution in [2.45, 2.75) is 26.4 Å². The van der Waals surface area contributed by atoms with E-state index in [1.54, 1.807) is 24.3 Å². The number of aromatic nitrogens is 4. The van der Waals surface area contributed by atoms with Gasteiger partial charge in [0.2, 0.25) is 11.7 Å². The summed E-state index contributed by atoms with van der Waals surface area (Å²) < 4.78 is 8.65. The number of methoxy groups -OCH3 is 1. The van der Waals surface area contributed by atoms with Gasteiger partial charge in [-0.25, -0.2) is 13.9 Å². The molecule has 10 nitrogen and oxygen atoms in total. The summed E-state index contributed by atoms with van der Waals surface area (Å²) in [6, 6.07) is 13.5. The Labute approximate surface area is 181 Å². The SMILES string of the molecule is COC(=O)c1ccccc1NC(=O)Cn1nc2n(C(C)C)c3ccccc3n2c(=O)c1=O. The summed E-state index contributed by atoms with van der Waals surface area (Å²) in [5, 5.41) is 6.90. The van der Waals surface area contributed by atoms with Crippen LogP contribution in [0.1, 0.15) is 30.2 Å². The highest BCUT2D eigenvalue weighted by molar-refractivity contribution is 6.01. The highest BCUT2D eigenvalue weighted by atomic mass is 16.5. The van der Waals surface area contributed by atoms with Gasteiger partial charge in [0.05, 0.1) is 29.4 Å². The predicted octanol–water partition coefficient (Wildman–Crippen LogP) is 1.82. The maximum absolute atomic E-state index is 12.9. The van der Waals surface area contributed by atoms with Crippen LogP contribution in [0.25, 0.3) is 16.8 Å². The van der Waals surface area contributed by atoms with Gasteiger partial charge in [-0.3, -0.25) is 14.4 Å². The quantitative estimate of drug-likeness (QED) is 0.378. The van der Waals surface area contributed by atoms with Crippen LogP contribution in [0.4, 0.5) is 5.69 Å². The minimum absolute atomic E-state index is 0.0523. The summed E-state index contributed by atoms with van der Waals surface area (Å²) >= 11 is 0. The van der Waals surface area contributed by atoms with E-state index in [4.69, 9.17) is 4.74 Å². The van der Waals surface area contributed by atoms with Crippen molar-refractivity contribution in [3.8, 4) is 0 Å². The standard InChI is InChI=1S/C22H21N5O5/c1-13(2)26-16-10-6-7-11-17(16)27-20(30)19(29)25(24-22(26)27)12-18(28)23-15-9-5-4-8-14(15)21(31)32-3/h4-11,13H,12H2,1-3H3,(H,23,28). The van der Waals surface area contributed by atoms with E-state index in [1.807, 2.05) is 30.5 Å². The number of nitrogens with zero attached hydrogens (tertiary/aromatic N) is 4. The molecule has 2 aromatic heterocycles. The van der Waals surface area contributed by atoms with Crippen molar-refractivity contribution in [2.75, 3.05) is 12.4 Å². The second-order valence-electron chi connectivity index (χ2n) is 7.44. The number of para-hydroxylation sites is 3. The molecule has 4 aromatic rings. The van der Waals surface area contributed by atoms with Gasteiger partial charge in [0.25, 0.3) is 0 Å². The van der Waals surface area contributed by atoms with Crippen LogP contribution in [0.5, 0.6) is 0 Å². The largest absolute Gasteiger partial charge is 0.465 e. The molecule has 164 valence electrons. The molecule has 0 unspecified atom stereocenters. The van der Waals surface area contributed by atoms with Crippen LogP contribution in [0, 0.1) is 0 Å². The number of benzene rings is 2. The zero-order valence-corrected chi connectivity index (χ0v) is 17.7. The molecule has 0 radical (unpaired) electrons. The molecule has 2 heterocycles. The van der Waals surface area contributed by atoms with E-state index in [9.17, 15) is 19.2 Å². The van der Waals surface area contributed by atoms with Gasteiger partial charge >= 0.3 is 17.1 Å². The normalized spacial score (nSPS) is 11.2. The maximum Gasteiger partial charge on any atom is 0.339 e. The van der Waals surface area contributed by atoms with E-state index < -0.39 is 29.5 Å². The lowest BCUT2D eigenvalue weighted by Gasteiger charge is -2.12. The molecule has 0 bridgehead atoms. The molecule has 2 aromatic carbocycles. The number of anilines is 1. The molecule has 0 atom stereocenters.